The highest BCUT2D eigenvalue weighted by Crippen LogP contribution is 2.26. The van der Waals surface area contributed by atoms with Crippen molar-refractivity contribution in [3.05, 3.63) is 34.6 Å². The van der Waals surface area contributed by atoms with Gasteiger partial charge >= 0.3 is 0 Å². The van der Waals surface area contributed by atoms with E-state index < -0.39 is 0 Å². The molecule has 0 N–H and O–H groups in total. The van der Waals surface area contributed by atoms with Crippen LogP contribution in [-0.4, -0.2) is 12.1 Å². The summed E-state index contributed by atoms with van der Waals surface area (Å²) in [5.41, 5.74) is 0.318. The van der Waals surface area contributed by atoms with Crippen LogP contribution >= 0.6 is 15.9 Å². The van der Waals surface area contributed by atoms with Crippen molar-refractivity contribution in [2.24, 2.45) is 0 Å². The molecule has 1 aromatic carbocycles. The topological polar surface area (TPSA) is 22.1 Å². The molecule has 0 bridgehead atoms. The second kappa shape index (κ2) is 3.53. The minimum Gasteiger partial charge on any atom is -0.481 e. The van der Waals surface area contributed by atoms with Gasteiger partial charge in [-0.05, 0) is 18.2 Å². The Morgan fingerprint density at radius 1 is 1.29 bits per heavy atom. The minimum atomic E-state index is -0.345. The van der Waals surface area contributed by atoms with E-state index in [9.17, 15) is 4.39 Å². The molecule has 2 rings (SSSR count). The Bertz CT molecular complexity index is 487. The van der Waals surface area contributed by atoms with Crippen molar-refractivity contribution < 1.29 is 9.13 Å². The van der Waals surface area contributed by atoms with Crippen molar-refractivity contribution in [1.29, 1.82) is 0 Å². The van der Waals surface area contributed by atoms with Crippen molar-refractivity contribution >= 4 is 26.8 Å². The Hall–Kier alpha value is -1.16. The molecule has 1 aromatic heterocycles. The smallest absolute Gasteiger partial charge is 0.213 e. The molecule has 0 radical (unpaired) electrons. The molecule has 2 nitrogen and oxygen atoms in total. The van der Waals surface area contributed by atoms with Crippen LogP contribution < -0.4 is 4.74 Å². The molecule has 0 spiro atoms. The zero-order valence-corrected chi connectivity index (χ0v) is 9.01. The van der Waals surface area contributed by atoms with Gasteiger partial charge in [0.2, 0.25) is 5.88 Å². The molecule has 0 saturated carbocycles. The van der Waals surface area contributed by atoms with Crippen molar-refractivity contribution in [2.45, 2.75) is 0 Å². The number of rotatable bonds is 1. The number of fused-ring (bicyclic) bond motifs is 1. The second-order valence-corrected chi connectivity index (χ2v) is 3.63. The molecule has 0 atom stereocenters. The van der Waals surface area contributed by atoms with Crippen LogP contribution in [0.2, 0.25) is 0 Å². The third-order valence-corrected chi connectivity index (χ3v) is 2.63. The maximum Gasteiger partial charge on any atom is 0.213 e. The number of aromatic nitrogens is 1. The van der Waals surface area contributed by atoms with Crippen LogP contribution in [0.4, 0.5) is 4.39 Å². The van der Waals surface area contributed by atoms with Gasteiger partial charge in [-0.1, -0.05) is 15.9 Å². The summed E-state index contributed by atoms with van der Waals surface area (Å²) in [5, 5.41) is 0.741. The molecule has 1 heterocycles. The molecule has 2 aromatic rings. The van der Waals surface area contributed by atoms with Gasteiger partial charge in [0.05, 0.1) is 7.11 Å². The SMILES string of the molecule is COc1ccc2c(Br)ccc(F)c2n1. The van der Waals surface area contributed by atoms with Gasteiger partial charge < -0.3 is 4.74 Å². The Balaban J connectivity index is 2.80. The average molecular weight is 256 g/mol. The van der Waals surface area contributed by atoms with Gasteiger partial charge in [-0.2, -0.15) is 0 Å². The van der Waals surface area contributed by atoms with E-state index in [2.05, 4.69) is 20.9 Å². The summed E-state index contributed by atoms with van der Waals surface area (Å²) in [6.45, 7) is 0. The van der Waals surface area contributed by atoms with Gasteiger partial charge in [-0.25, -0.2) is 9.37 Å². The molecule has 0 unspecified atom stereocenters. The lowest BCUT2D eigenvalue weighted by atomic mass is 10.2. The van der Waals surface area contributed by atoms with E-state index >= 15 is 0 Å². The fourth-order valence-corrected chi connectivity index (χ4v) is 1.70. The van der Waals surface area contributed by atoms with E-state index in [0.29, 0.717) is 11.4 Å². The minimum absolute atomic E-state index is 0.318. The summed E-state index contributed by atoms with van der Waals surface area (Å²) in [4.78, 5) is 4.03. The predicted octanol–water partition coefficient (Wildman–Crippen LogP) is 3.15. The van der Waals surface area contributed by atoms with Crippen molar-refractivity contribution in [3.8, 4) is 5.88 Å². The Morgan fingerprint density at radius 2 is 2.07 bits per heavy atom. The maximum atomic E-state index is 13.3. The lowest BCUT2D eigenvalue weighted by Gasteiger charge is -2.03. The molecule has 4 heteroatoms. The predicted molar refractivity (Wildman–Crippen MR) is 56.0 cm³/mol. The van der Waals surface area contributed by atoms with E-state index in [1.165, 1.54) is 13.2 Å². The number of ether oxygens (including phenoxy) is 1. The number of halogens is 2. The lowest BCUT2D eigenvalue weighted by molar-refractivity contribution is 0.399. The second-order valence-electron chi connectivity index (χ2n) is 2.78. The first-order chi connectivity index (χ1) is 6.72. The molecule has 0 aliphatic rings. The van der Waals surface area contributed by atoms with Crippen LogP contribution in [0.3, 0.4) is 0 Å². The van der Waals surface area contributed by atoms with E-state index in [-0.39, 0.29) is 5.82 Å². The highest BCUT2D eigenvalue weighted by Gasteiger charge is 2.06. The average Bonchev–Trinajstić information content (AvgIpc) is 2.23. The van der Waals surface area contributed by atoms with Crippen LogP contribution in [0.25, 0.3) is 10.9 Å². The number of nitrogens with zero attached hydrogens (tertiary/aromatic N) is 1. The third kappa shape index (κ3) is 1.46. The fraction of sp³-hybridized carbons (Fsp3) is 0.100. The zero-order chi connectivity index (χ0) is 10.1. The summed E-state index contributed by atoms with van der Waals surface area (Å²) in [6.07, 6.45) is 0. The Morgan fingerprint density at radius 3 is 2.79 bits per heavy atom. The fourth-order valence-electron chi connectivity index (χ4n) is 1.24. The van der Waals surface area contributed by atoms with Crippen molar-refractivity contribution in [1.82, 2.24) is 4.98 Å². The lowest BCUT2D eigenvalue weighted by Crippen LogP contribution is -1.90. The van der Waals surface area contributed by atoms with Gasteiger partial charge in [0.25, 0.3) is 0 Å². The van der Waals surface area contributed by atoms with Crippen molar-refractivity contribution in [2.75, 3.05) is 7.11 Å². The molecule has 72 valence electrons. The number of benzene rings is 1. The Kier molecular flexibility index (Phi) is 2.37. The van der Waals surface area contributed by atoms with Gasteiger partial charge in [-0.3, -0.25) is 0 Å². The Labute approximate surface area is 88.8 Å². The van der Waals surface area contributed by atoms with E-state index in [0.717, 1.165) is 9.86 Å². The molecule has 14 heavy (non-hydrogen) atoms. The quantitative estimate of drug-likeness (QED) is 0.781. The molecule has 0 aliphatic carbocycles. The summed E-state index contributed by atoms with van der Waals surface area (Å²) >= 11 is 3.33. The molecule has 0 aliphatic heterocycles. The van der Waals surface area contributed by atoms with E-state index in [1.54, 1.807) is 18.2 Å². The summed E-state index contributed by atoms with van der Waals surface area (Å²) in [5.74, 6) is 0.0663. The third-order valence-electron chi connectivity index (χ3n) is 1.94. The van der Waals surface area contributed by atoms with Gasteiger partial charge in [0.1, 0.15) is 11.3 Å². The molecule has 0 fully saturated rings. The van der Waals surface area contributed by atoms with Crippen LogP contribution in [0.5, 0.6) is 5.88 Å². The summed E-state index contributed by atoms with van der Waals surface area (Å²) in [6, 6.07) is 6.51. The largest absolute Gasteiger partial charge is 0.481 e. The summed E-state index contributed by atoms with van der Waals surface area (Å²) < 4.78 is 19.1. The first-order valence-corrected chi connectivity index (χ1v) is 4.80. The van der Waals surface area contributed by atoms with Gasteiger partial charge in [-0.15, -0.1) is 0 Å². The van der Waals surface area contributed by atoms with Gasteiger partial charge in [0.15, 0.2) is 0 Å². The van der Waals surface area contributed by atoms with Crippen LogP contribution in [0.15, 0.2) is 28.7 Å². The summed E-state index contributed by atoms with van der Waals surface area (Å²) in [7, 11) is 1.50. The number of methoxy groups -OCH3 is 1. The molecular formula is C10H7BrFNO. The standard InChI is InChI=1S/C10H7BrFNO/c1-14-9-5-2-6-7(11)3-4-8(12)10(6)13-9/h2-5H,1H3. The van der Waals surface area contributed by atoms with Crippen LogP contribution in [0.1, 0.15) is 0 Å². The highest BCUT2D eigenvalue weighted by atomic mass is 79.9. The maximum absolute atomic E-state index is 13.3. The van der Waals surface area contributed by atoms with Crippen molar-refractivity contribution in [3.63, 3.8) is 0 Å². The highest BCUT2D eigenvalue weighted by molar-refractivity contribution is 9.10. The first-order valence-electron chi connectivity index (χ1n) is 4.01. The molecular weight excluding hydrogens is 249 g/mol. The van der Waals surface area contributed by atoms with Crippen LogP contribution in [-0.2, 0) is 0 Å². The molecule has 0 saturated heterocycles. The monoisotopic (exact) mass is 255 g/mol. The van der Waals surface area contributed by atoms with E-state index in [1.807, 2.05) is 0 Å². The number of pyridine rings is 1. The van der Waals surface area contributed by atoms with Gasteiger partial charge in [0, 0.05) is 15.9 Å². The van der Waals surface area contributed by atoms with E-state index in [4.69, 9.17) is 4.74 Å². The zero-order valence-electron chi connectivity index (χ0n) is 7.42. The first kappa shape index (κ1) is 9.40. The normalized spacial score (nSPS) is 10.5. The molecule has 0 amide bonds. The van der Waals surface area contributed by atoms with Crippen LogP contribution in [0, 0.1) is 5.82 Å². The number of hydrogen-bond donors (Lipinski definition) is 0. The number of hydrogen-bond acceptors (Lipinski definition) is 2.